The van der Waals surface area contributed by atoms with E-state index >= 15 is 0 Å². The van der Waals surface area contributed by atoms with E-state index in [1.807, 2.05) is 61.5 Å². The number of carbonyl (C=O) groups excluding carboxylic acids is 1. The molecule has 1 N–H and O–H groups in total. The maximum atomic E-state index is 12.3. The SMILES string of the molecule is Cc1ccc(C[S@@](=O)Cc2ccc(C(=O)NCc3ccccc3)o2)cc1. The highest BCUT2D eigenvalue weighted by Crippen LogP contribution is 2.13. The number of hydrogen-bond acceptors (Lipinski definition) is 3. The fraction of sp³-hybridized carbons (Fsp3) is 0.190. The van der Waals surface area contributed by atoms with Crippen LogP contribution in [0.4, 0.5) is 0 Å². The van der Waals surface area contributed by atoms with Gasteiger partial charge in [-0.1, -0.05) is 60.2 Å². The molecule has 5 heteroatoms. The van der Waals surface area contributed by atoms with Crippen LogP contribution in [0.3, 0.4) is 0 Å². The molecule has 1 atom stereocenters. The van der Waals surface area contributed by atoms with Gasteiger partial charge in [-0.15, -0.1) is 0 Å². The summed E-state index contributed by atoms with van der Waals surface area (Å²) in [4.78, 5) is 12.2. The quantitative estimate of drug-likeness (QED) is 0.687. The van der Waals surface area contributed by atoms with Crippen LogP contribution in [-0.4, -0.2) is 10.1 Å². The third-order valence-corrected chi connectivity index (χ3v) is 5.19. The smallest absolute Gasteiger partial charge is 0.287 e. The van der Waals surface area contributed by atoms with Crippen molar-refractivity contribution in [1.29, 1.82) is 0 Å². The summed E-state index contributed by atoms with van der Waals surface area (Å²) in [7, 11) is -1.09. The number of hydrogen-bond donors (Lipinski definition) is 1. The molecule has 0 saturated heterocycles. The van der Waals surface area contributed by atoms with Crippen molar-refractivity contribution in [3.8, 4) is 0 Å². The van der Waals surface area contributed by atoms with Crippen LogP contribution < -0.4 is 5.32 Å². The van der Waals surface area contributed by atoms with E-state index < -0.39 is 10.8 Å². The zero-order valence-electron chi connectivity index (χ0n) is 14.6. The first kappa shape index (κ1) is 18.1. The molecule has 0 aliphatic carbocycles. The first-order valence-electron chi connectivity index (χ1n) is 8.41. The Balaban J connectivity index is 1.52. The normalized spacial score (nSPS) is 11.9. The second-order valence-electron chi connectivity index (χ2n) is 6.15. The average molecular weight is 367 g/mol. The lowest BCUT2D eigenvalue weighted by atomic mass is 10.2. The summed E-state index contributed by atoms with van der Waals surface area (Å²) in [5, 5.41) is 2.82. The van der Waals surface area contributed by atoms with Crippen LogP contribution in [0.25, 0.3) is 0 Å². The molecular weight excluding hydrogens is 346 g/mol. The first-order chi connectivity index (χ1) is 12.6. The lowest BCUT2D eigenvalue weighted by Crippen LogP contribution is -2.22. The van der Waals surface area contributed by atoms with Crippen LogP contribution >= 0.6 is 0 Å². The molecule has 0 fully saturated rings. The number of aryl methyl sites for hydroxylation is 1. The Morgan fingerprint density at radius 3 is 2.38 bits per heavy atom. The number of rotatable bonds is 7. The molecule has 0 radical (unpaired) electrons. The molecule has 3 aromatic rings. The predicted octanol–water partition coefficient (Wildman–Crippen LogP) is 3.97. The molecule has 0 aliphatic rings. The van der Waals surface area contributed by atoms with Gasteiger partial charge in [-0.2, -0.15) is 0 Å². The summed E-state index contributed by atoms with van der Waals surface area (Å²) in [6.07, 6.45) is 0. The molecule has 1 heterocycles. The Morgan fingerprint density at radius 2 is 1.65 bits per heavy atom. The van der Waals surface area contributed by atoms with Crippen molar-refractivity contribution in [2.75, 3.05) is 0 Å². The van der Waals surface area contributed by atoms with Gasteiger partial charge in [-0.3, -0.25) is 9.00 Å². The van der Waals surface area contributed by atoms with Crippen molar-refractivity contribution < 1.29 is 13.4 Å². The topological polar surface area (TPSA) is 59.3 Å². The van der Waals surface area contributed by atoms with Crippen LogP contribution in [0.2, 0.25) is 0 Å². The van der Waals surface area contributed by atoms with E-state index in [9.17, 15) is 9.00 Å². The summed E-state index contributed by atoms with van der Waals surface area (Å²) >= 11 is 0. The van der Waals surface area contributed by atoms with Gasteiger partial charge in [-0.05, 0) is 30.2 Å². The third kappa shape index (κ3) is 5.17. The Morgan fingerprint density at radius 1 is 0.923 bits per heavy atom. The van der Waals surface area contributed by atoms with Crippen LogP contribution in [0.15, 0.2) is 71.1 Å². The molecule has 0 saturated carbocycles. The van der Waals surface area contributed by atoms with Gasteiger partial charge in [0.2, 0.25) is 0 Å². The van der Waals surface area contributed by atoms with Crippen LogP contribution in [0.5, 0.6) is 0 Å². The molecule has 1 amide bonds. The van der Waals surface area contributed by atoms with Crippen molar-refractivity contribution in [2.24, 2.45) is 0 Å². The summed E-state index contributed by atoms with van der Waals surface area (Å²) in [5.41, 5.74) is 3.23. The van der Waals surface area contributed by atoms with E-state index in [4.69, 9.17) is 4.42 Å². The van der Waals surface area contributed by atoms with Gasteiger partial charge < -0.3 is 9.73 Å². The van der Waals surface area contributed by atoms with Gasteiger partial charge in [0.05, 0.1) is 5.75 Å². The van der Waals surface area contributed by atoms with Crippen LogP contribution in [0.1, 0.15) is 33.0 Å². The van der Waals surface area contributed by atoms with Gasteiger partial charge in [0, 0.05) is 23.1 Å². The minimum Gasteiger partial charge on any atom is -0.455 e. The number of furan rings is 1. The van der Waals surface area contributed by atoms with E-state index in [0.29, 0.717) is 23.8 Å². The fourth-order valence-corrected chi connectivity index (χ4v) is 3.66. The fourth-order valence-electron chi connectivity index (χ4n) is 2.52. The lowest BCUT2D eigenvalue weighted by Gasteiger charge is -2.03. The highest BCUT2D eigenvalue weighted by molar-refractivity contribution is 7.83. The first-order valence-corrected chi connectivity index (χ1v) is 9.90. The largest absolute Gasteiger partial charge is 0.455 e. The molecule has 0 spiro atoms. The monoisotopic (exact) mass is 367 g/mol. The van der Waals surface area contributed by atoms with E-state index in [1.54, 1.807) is 12.1 Å². The molecule has 1 aromatic heterocycles. The highest BCUT2D eigenvalue weighted by atomic mass is 32.2. The zero-order chi connectivity index (χ0) is 18.4. The second kappa shape index (κ2) is 8.63. The summed E-state index contributed by atoms with van der Waals surface area (Å²) in [5.74, 6) is 1.28. The van der Waals surface area contributed by atoms with E-state index in [1.165, 1.54) is 5.56 Å². The predicted molar refractivity (Wildman–Crippen MR) is 103 cm³/mol. The molecule has 134 valence electrons. The number of benzene rings is 2. The number of nitrogens with one attached hydrogen (secondary N) is 1. The van der Waals surface area contributed by atoms with Gasteiger partial charge in [0.15, 0.2) is 5.76 Å². The Hall–Kier alpha value is -2.66. The van der Waals surface area contributed by atoms with E-state index in [-0.39, 0.29) is 11.7 Å². The molecule has 4 nitrogen and oxygen atoms in total. The molecule has 0 bridgehead atoms. The standard InChI is InChI=1S/C21H21NO3S/c1-16-7-9-18(10-8-16)14-26(24)15-19-11-12-20(25-19)21(23)22-13-17-5-3-2-4-6-17/h2-12H,13-15H2,1H3,(H,22,23)/t26-/m1/s1. The van der Waals surface area contributed by atoms with Crippen molar-refractivity contribution >= 4 is 16.7 Å². The minimum atomic E-state index is -1.09. The third-order valence-electron chi connectivity index (χ3n) is 3.93. The average Bonchev–Trinajstić information content (AvgIpc) is 3.11. The highest BCUT2D eigenvalue weighted by Gasteiger charge is 2.13. The van der Waals surface area contributed by atoms with Crippen molar-refractivity contribution in [1.82, 2.24) is 5.32 Å². The van der Waals surface area contributed by atoms with Gasteiger partial charge in [0.25, 0.3) is 5.91 Å². The van der Waals surface area contributed by atoms with Gasteiger partial charge in [0.1, 0.15) is 5.76 Å². The Bertz CT molecular complexity index is 885. The lowest BCUT2D eigenvalue weighted by molar-refractivity contribution is 0.0921. The second-order valence-corrected chi connectivity index (χ2v) is 7.61. The Labute approximate surface area is 155 Å². The Kier molecular flexibility index (Phi) is 6.02. The van der Waals surface area contributed by atoms with Crippen molar-refractivity contribution in [3.05, 3.63) is 94.9 Å². The molecule has 0 aliphatic heterocycles. The molecular formula is C21H21NO3S. The maximum absolute atomic E-state index is 12.3. The van der Waals surface area contributed by atoms with Crippen LogP contribution in [0, 0.1) is 6.92 Å². The van der Waals surface area contributed by atoms with Crippen molar-refractivity contribution in [3.63, 3.8) is 0 Å². The number of amides is 1. The molecule has 2 aromatic carbocycles. The molecule has 3 rings (SSSR count). The molecule has 26 heavy (non-hydrogen) atoms. The van der Waals surface area contributed by atoms with E-state index in [2.05, 4.69) is 5.32 Å². The van der Waals surface area contributed by atoms with Gasteiger partial charge >= 0.3 is 0 Å². The summed E-state index contributed by atoms with van der Waals surface area (Å²) < 4.78 is 17.9. The zero-order valence-corrected chi connectivity index (χ0v) is 15.4. The minimum absolute atomic E-state index is 0.239. The van der Waals surface area contributed by atoms with Crippen LogP contribution in [-0.2, 0) is 28.9 Å². The molecule has 0 unspecified atom stereocenters. The summed E-state index contributed by atoms with van der Waals surface area (Å²) in [6.45, 7) is 2.46. The van der Waals surface area contributed by atoms with Crippen molar-refractivity contribution in [2.45, 2.75) is 25.0 Å². The van der Waals surface area contributed by atoms with Gasteiger partial charge in [-0.25, -0.2) is 0 Å². The van der Waals surface area contributed by atoms with E-state index in [0.717, 1.165) is 11.1 Å². The maximum Gasteiger partial charge on any atom is 0.287 e. The summed E-state index contributed by atoms with van der Waals surface area (Å²) in [6, 6.07) is 21.0. The number of carbonyl (C=O) groups is 1.